The molecule has 1 fully saturated rings. The van der Waals surface area contributed by atoms with Crippen LogP contribution in [0.5, 0.6) is 0 Å². The van der Waals surface area contributed by atoms with Crippen LogP contribution in [-0.4, -0.2) is 58.7 Å². The Bertz CT molecular complexity index is 599. The van der Waals surface area contributed by atoms with Crippen LogP contribution in [0.3, 0.4) is 0 Å². The van der Waals surface area contributed by atoms with E-state index >= 15 is 0 Å². The summed E-state index contributed by atoms with van der Waals surface area (Å²) in [7, 11) is 0. The molecular weight excluding hydrogens is 326 g/mol. The van der Waals surface area contributed by atoms with E-state index in [1.165, 1.54) is 0 Å². The Morgan fingerprint density at radius 3 is 2.92 bits per heavy atom. The maximum absolute atomic E-state index is 12.7. The van der Waals surface area contributed by atoms with Crippen LogP contribution in [0.25, 0.3) is 0 Å². The van der Waals surface area contributed by atoms with Crippen molar-refractivity contribution in [2.45, 2.75) is 52.3 Å². The van der Waals surface area contributed by atoms with Crippen molar-refractivity contribution in [2.75, 3.05) is 19.8 Å². The van der Waals surface area contributed by atoms with Gasteiger partial charge in [0.25, 0.3) is 5.91 Å². The summed E-state index contributed by atoms with van der Waals surface area (Å²) < 4.78 is 12.4. The molecule has 8 nitrogen and oxygen atoms in total. The van der Waals surface area contributed by atoms with E-state index in [0.717, 1.165) is 12.1 Å². The number of nitrogens with one attached hydrogen (secondary N) is 1. The van der Waals surface area contributed by atoms with Gasteiger partial charge in [0, 0.05) is 13.2 Å². The standard InChI is InChI=1S/C17H27N3O5/c1-4-20-14(8-12(19-20)7-11(2)3)17(23)18-13-5-6-24-9-15(13)25-10-16(21)22/h8,11,13,15H,4-7,9-10H2,1-3H3,(H,18,23)(H,21,22)/t13-,15-/m1/s1. The van der Waals surface area contributed by atoms with Crippen molar-refractivity contribution in [3.8, 4) is 0 Å². The van der Waals surface area contributed by atoms with E-state index in [2.05, 4.69) is 24.3 Å². The Labute approximate surface area is 147 Å². The molecule has 1 aromatic heterocycles. The van der Waals surface area contributed by atoms with Gasteiger partial charge in [0.15, 0.2) is 0 Å². The number of carboxylic acid groups (broad SMARTS) is 1. The number of amides is 1. The number of ether oxygens (including phenoxy) is 2. The van der Waals surface area contributed by atoms with Gasteiger partial charge in [-0.05, 0) is 31.7 Å². The number of carbonyl (C=O) groups is 2. The summed E-state index contributed by atoms with van der Waals surface area (Å²) >= 11 is 0. The summed E-state index contributed by atoms with van der Waals surface area (Å²) in [5.74, 6) is -0.807. The predicted molar refractivity (Wildman–Crippen MR) is 90.5 cm³/mol. The molecule has 2 N–H and O–H groups in total. The highest BCUT2D eigenvalue weighted by Gasteiger charge is 2.29. The molecule has 0 aliphatic carbocycles. The van der Waals surface area contributed by atoms with Gasteiger partial charge in [0.1, 0.15) is 18.4 Å². The maximum Gasteiger partial charge on any atom is 0.329 e. The molecule has 1 saturated heterocycles. The van der Waals surface area contributed by atoms with Crippen molar-refractivity contribution >= 4 is 11.9 Å². The molecule has 140 valence electrons. The molecule has 8 heteroatoms. The number of carbonyl (C=O) groups excluding carboxylic acids is 1. The summed E-state index contributed by atoms with van der Waals surface area (Å²) in [6.45, 7) is 7.12. The summed E-state index contributed by atoms with van der Waals surface area (Å²) in [4.78, 5) is 23.4. The lowest BCUT2D eigenvalue weighted by Gasteiger charge is -2.31. The number of carboxylic acids is 1. The predicted octanol–water partition coefficient (Wildman–Crippen LogP) is 1.09. The Kier molecular flexibility index (Phi) is 6.95. The van der Waals surface area contributed by atoms with Crippen LogP contribution in [0, 0.1) is 5.92 Å². The number of aliphatic carboxylic acids is 1. The second-order valence-corrected chi connectivity index (χ2v) is 6.62. The summed E-state index contributed by atoms with van der Waals surface area (Å²) in [6.07, 6.45) is 0.922. The second-order valence-electron chi connectivity index (χ2n) is 6.62. The zero-order valence-corrected chi connectivity index (χ0v) is 15.0. The van der Waals surface area contributed by atoms with Gasteiger partial charge in [-0.1, -0.05) is 13.8 Å². The van der Waals surface area contributed by atoms with E-state index in [1.807, 2.05) is 13.0 Å². The molecule has 0 radical (unpaired) electrons. The topological polar surface area (TPSA) is 103 Å². The molecule has 1 aliphatic heterocycles. The SMILES string of the molecule is CCn1nc(CC(C)C)cc1C(=O)N[C@@H]1CCOC[C@H]1OCC(=O)O. The molecule has 25 heavy (non-hydrogen) atoms. The molecule has 2 rings (SSSR count). The first-order chi connectivity index (χ1) is 11.9. The number of hydrogen-bond donors (Lipinski definition) is 2. The van der Waals surface area contributed by atoms with Crippen LogP contribution in [0.2, 0.25) is 0 Å². The number of hydrogen-bond acceptors (Lipinski definition) is 5. The minimum atomic E-state index is -1.04. The van der Waals surface area contributed by atoms with Gasteiger partial charge in [-0.25, -0.2) is 4.79 Å². The number of rotatable bonds is 8. The maximum atomic E-state index is 12.7. The fraction of sp³-hybridized carbons (Fsp3) is 0.706. The van der Waals surface area contributed by atoms with E-state index in [1.54, 1.807) is 4.68 Å². The van der Waals surface area contributed by atoms with Crippen molar-refractivity contribution in [1.82, 2.24) is 15.1 Å². The Morgan fingerprint density at radius 1 is 1.52 bits per heavy atom. The van der Waals surface area contributed by atoms with E-state index < -0.39 is 18.7 Å². The molecule has 1 amide bonds. The highest BCUT2D eigenvalue weighted by Crippen LogP contribution is 2.14. The van der Waals surface area contributed by atoms with E-state index in [9.17, 15) is 9.59 Å². The van der Waals surface area contributed by atoms with Gasteiger partial charge in [0.05, 0.1) is 18.3 Å². The van der Waals surface area contributed by atoms with E-state index in [4.69, 9.17) is 14.6 Å². The van der Waals surface area contributed by atoms with Gasteiger partial charge < -0.3 is 19.9 Å². The summed E-state index contributed by atoms with van der Waals surface area (Å²) in [5.41, 5.74) is 1.41. The fourth-order valence-electron chi connectivity index (χ4n) is 2.87. The molecule has 0 aromatic carbocycles. The van der Waals surface area contributed by atoms with E-state index in [-0.39, 0.29) is 18.6 Å². The molecule has 0 bridgehead atoms. The molecule has 0 unspecified atom stereocenters. The van der Waals surface area contributed by atoms with Crippen LogP contribution < -0.4 is 5.32 Å². The third-order valence-electron chi connectivity index (χ3n) is 4.02. The van der Waals surface area contributed by atoms with Crippen molar-refractivity contribution in [1.29, 1.82) is 0 Å². The number of aryl methyl sites for hydroxylation is 1. The van der Waals surface area contributed by atoms with Gasteiger partial charge >= 0.3 is 5.97 Å². The molecular formula is C17H27N3O5. The van der Waals surface area contributed by atoms with Crippen molar-refractivity contribution in [3.63, 3.8) is 0 Å². The average Bonchev–Trinajstić information content (AvgIpc) is 2.96. The largest absolute Gasteiger partial charge is 0.480 e. The molecule has 0 spiro atoms. The molecule has 0 saturated carbocycles. The lowest BCUT2D eigenvalue weighted by molar-refractivity contribution is -0.148. The van der Waals surface area contributed by atoms with Crippen molar-refractivity contribution in [2.24, 2.45) is 5.92 Å². The first-order valence-corrected chi connectivity index (χ1v) is 8.69. The van der Waals surface area contributed by atoms with Gasteiger partial charge in [0.2, 0.25) is 0 Å². The van der Waals surface area contributed by atoms with Crippen molar-refractivity contribution in [3.05, 3.63) is 17.5 Å². The Balaban J connectivity index is 2.06. The lowest BCUT2D eigenvalue weighted by Crippen LogP contribution is -2.50. The van der Waals surface area contributed by atoms with Crippen LogP contribution in [0.4, 0.5) is 0 Å². The zero-order chi connectivity index (χ0) is 18.4. The number of nitrogens with zero attached hydrogens (tertiary/aromatic N) is 2. The van der Waals surface area contributed by atoms with Gasteiger partial charge in [-0.3, -0.25) is 9.48 Å². The average molecular weight is 353 g/mol. The van der Waals surface area contributed by atoms with Crippen molar-refractivity contribution < 1.29 is 24.2 Å². The van der Waals surface area contributed by atoms with E-state index in [0.29, 0.717) is 31.2 Å². The smallest absolute Gasteiger partial charge is 0.329 e. The fourth-order valence-corrected chi connectivity index (χ4v) is 2.87. The third kappa shape index (κ3) is 5.54. The minimum absolute atomic E-state index is 0.222. The molecule has 2 heterocycles. The highest BCUT2D eigenvalue weighted by molar-refractivity contribution is 5.93. The zero-order valence-electron chi connectivity index (χ0n) is 15.0. The Hall–Kier alpha value is -1.93. The van der Waals surface area contributed by atoms with Crippen LogP contribution >= 0.6 is 0 Å². The first-order valence-electron chi connectivity index (χ1n) is 8.69. The summed E-state index contributed by atoms with van der Waals surface area (Å²) in [6, 6.07) is 1.54. The molecule has 1 aromatic rings. The first kappa shape index (κ1) is 19.4. The summed E-state index contributed by atoms with van der Waals surface area (Å²) in [5, 5.41) is 16.2. The van der Waals surface area contributed by atoms with Crippen LogP contribution in [0.1, 0.15) is 43.4 Å². The highest BCUT2D eigenvalue weighted by atomic mass is 16.5. The normalized spacial score (nSPS) is 20.6. The van der Waals surface area contributed by atoms with Gasteiger partial charge in [-0.15, -0.1) is 0 Å². The lowest BCUT2D eigenvalue weighted by atomic mass is 10.1. The monoisotopic (exact) mass is 353 g/mol. The molecule has 1 aliphatic rings. The van der Waals surface area contributed by atoms with Crippen LogP contribution in [0.15, 0.2) is 6.07 Å². The minimum Gasteiger partial charge on any atom is -0.480 e. The van der Waals surface area contributed by atoms with Gasteiger partial charge in [-0.2, -0.15) is 5.10 Å². The Morgan fingerprint density at radius 2 is 2.28 bits per heavy atom. The van der Waals surface area contributed by atoms with Crippen LogP contribution in [-0.2, 0) is 27.2 Å². The third-order valence-corrected chi connectivity index (χ3v) is 4.02. The number of aromatic nitrogens is 2. The quantitative estimate of drug-likeness (QED) is 0.725. The second kappa shape index (κ2) is 8.96. The molecule has 2 atom stereocenters.